The number of nitrogens with one attached hydrogen (secondary N) is 1. The summed E-state index contributed by atoms with van der Waals surface area (Å²) in [7, 11) is 0. The summed E-state index contributed by atoms with van der Waals surface area (Å²) >= 11 is 0. The van der Waals surface area contributed by atoms with Crippen molar-refractivity contribution in [1.29, 1.82) is 0 Å². The van der Waals surface area contributed by atoms with Crippen molar-refractivity contribution in [1.82, 2.24) is 5.32 Å². The maximum atomic E-state index is 12.3. The largest absolute Gasteiger partial charge is 0.451 e. The summed E-state index contributed by atoms with van der Waals surface area (Å²) in [6.07, 6.45) is 4.15. The van der Waals surface area contributed by atoms with Gasteiger partial charge in [0.2, 0.25) is 0 Å². The molecule has 1 aromatic carbocycles. The van der Waals surface area contributed by atoms with E-state index in [1.807, 2.05) is 24.3 Å². The predicted molar refractivity (Wildman–Crippen MR) is 81.2 cm³/mol. The van der Waals surface area contributed by atoms with Crippen molar-refractivity contribution in [2.24, 2.45) is 5.73 Å². The molecule has 108 valence electrons. The van der Waals surface area contributed by atoms with Crippen LogP contribution in [0.25, 0.3) is 11.0 Å². The third-order valence-electron chi connectivity index (χ3n) is 3.98. The number of halogens is 1. The zero-order valence-electron chi connectivity index (χ0n) is 11.2. The highest BCUT2D eigenvalue weighted by molar-refractivity contribution is 5.96. The molecule has 0 spiro atoms. The molecule has 4 nitrogen and oxygen atoms in total. The van der Waals surface area contributed by atoms with Crippen LogP contribution >= 0.6 is 12.4 Å². The Kier molecular flexibility index (Phi) is 4.35. The molecule has 1 aromatic heterocycles. The molecule has 0 aliphatic heterocycles. The zero-order valence-corrected chi connectivity index (χ0v) is 12.0. The Labute approximate surface area is 124 Å². The van der Waals surface area contributed by atoms with E-state index in [4.69, 9.17) is 10.2 Å². The number of hydrogen-bond acceptors (Lipinski definition) is 3. The van der Waals surface area contributed by atoms with Crippen molar-refractivity contribution in [2.75, 3.05) is 6.54 Å². The Bertz CT molecular complexity index is 570. The van der Waals surface area contributed by atoms with Crippen molar-refractivity contribution in [3.63, 3.8) is 0 Å². The van der Waals surface area contributed by atoms with Gasteiger partial charge in [-0.15, -0.1) is 12.4 Å². The molecular formula is C15H19ClN2O2. The van der Waals surface area contributed by atoms with Gasteiger partial charge in [0.25, 0.3) is 5.91 Å². The van der Waals surface area contributed by atoms with Crippen molar-refractivity contribution < 1.29 is 9.21 Å². The van der Waals surface area contributed by atoms with Gasteiger partial charge in [-0.2, -0.15) is 0 Å². The monoisotopic (exact) mass is 294 g/mol. The smallest absolute Gasteiger partial charge is 0.287 e. The summed E-state index contributed by atoms with van der Waals surface area (Å²) in [5.74, 6) is 0.199. The second-order valence-corrected chi connectivity index (χ2v) is 5.29. The number of carbonyl (C=O) groups is 1. The van der Waals surface area contributed by atoms with E-state index in [1.54, 1.807) is 6.07 Å². The number of hydrogen-bond donors (Lipinski definition) is 2. The van der Waals surface area contributed by atoms with Crippen molar-refractivity contribution in [3.05, 3.63) is 36.1 Å². The van der Waals surface area contributed by atoms with Gasteiger partial charge in [0.1, 0.15) is 5.58 Å². The van der Waals surface area contributed by atoms with Gasteiger partial charge in [0.05, 0.1) is 5.54 Å². The van der Waals surface area contributed by atoms with E-state index in [0.29, 0.717) is 12.3 Å². The van der Waals surface area contributed by atoms with Crippen LogP contribution in [-0.2, 0) is 0 Å². The second-order valence-electron chi connectivity index (χ2n) is 5.29. The minimum Gasteiger partial charge on any atom is -0.451 e. The van der Waals surface area contributed by atoms with Gasteiger partial charge >= 0.3 is 0 Å². The van der Waals surface area contributed by atoms with Crippen LogP contribution < -0.4 is 11.1 Å². The molecule has 0 radical (unpaired) electrons. The fourth-order valence-electron chi connectivity index (χ4n) is 2.83. The van der Waals surface area contributed by atoms with E-state index in [9.17, 15) is 4.79 Å². The van der Waals surface area contributed by atoms with Crippen LogP contribution in [0.4, 0.5) is 0 Å². The summed E-state index contributed by atoms with van der Waals surface area (Å²) < 4.78 is 5.58. The van der Waals surface area contributed by atoms with Crippen molar-refractivity contribution in [3.8, 4) is 0 Å². The summed E-state index contributed by atoms with van der Waals surface area (Å²) in [5.41, 5.74) is 6.32. The lowest BCUT2D eigenvalue weighted by Gasteiger charge is -2.28. The van der Waals surface area contributed by atoms with E-state index in [2.05, 4.69) is 5.32 Å². The van der Waals surface area contributed by atoms with Gasteiger partial charge < -0.3 is 15.5 Å². The molecule has 3 N–H and O–H groups in total. The maximum Gasteiger partial charge on any atom is 0.287 e. The number of para-hydroxylation sites is 1. The number of amides is 1. The number of carbonyl (C=O) groups excluding carboxylic acids is 1. The molecule has 3 rings (SSSR count). The second kappa shape index (κ2) is 5.85. The molecule has 5 heteroatoms. The Morgan fingerprint density at radius 2 is 2.00 bits per heavy atom. The van der Waals surface area contributed by atoms with E-state index in [1.165, 1.54) is 0 Å². The first kappa shape index (κ1) is 14.9. The van der Waals surface area contributed by atoms with Crippen LogP contribution in [-0.4, -0.2) is 18.0 Å². The molecule has 1 fully saturated rings. The molecule has 0 saturated heterocycles. The van der Waals surface area contributed by atoms with Crippen LogP contribution in [0.2, 0.25) is 0 Å². The maximum absolute atomic E-state index is 12.3. The van der Waals surface area contributed by atoms with Crippen LogP contribution in [0.5, 0.6) is 0 Å². The Balaban J connectivity index is 0.00000147. The Morgan fingerprint density at radius 3 is 2.65 bits per heavy atom. The first-order chi connectivity index (χ1) is 9.22. The van der Waals surface area contributed by atoms with Crippen LogP contribution in [0.1, 0.15) is 36.2 Å². The summed E-state index contributed by atoms with van der Waals surface area (Å²) in [6.45, 7) is 0.485. The number of fused-ring (bicyclic) bond motifs is 1. The standard InChI is InChI=1S/C15H18N2O2.ClH/c16-10-15(7-3-4-8-15)17-14(18)13-9-11-5-1-2-6-12(11)19-13;/h1-2,5-6,9H,3-4,7-8,10,16H2,(H,17,18);1H. The predicted octanol–water partition coefficient (Wildman–Crippen LogP) is 2.86. The lowest BCUT2D eigenvalue weighted by molar-refractivity contribution is 0.0876. The van der Waals surface area contributed by atoms with Gasteiger partial charge in [0.15, 0.2) is 5.76 Å². The lowest BCUT2D eigenvalue weighted by Crippen LogP contribution is -2.51. The fourth-order valence-corrected chi connectivity index (χ4v) is 2.83. The van der Waals surface area contributed by atoms with E-state index < -0.39 is 0 Å². The molecule has 1 amide bonds. The summed E-state index contributed by atoms with van der Waals surface area (Å²) in [5, 5.41) is 4.01. The van der Waals surface area contributed by atoms with Gasteiger partial charge in [-0.3, -0.25) is 4.79 Å². The average Bonchev–Trinajstić information content (AvgIpc) is 3.05. The summed E-state index contributed by atoms with van der Waals surface area (Å²) in [4.78, 5) is 12.3. The van der Waals surface area contributed by atoms with Gasteiger partial charge in [-0.25, -0.2) is 0 Å². The number of furan rings is 1. The minimum absolute atomic E-state index is 0. The third kappa shape index (κ3) is 2.67. The molecule has 1 aliphatic carbocycles. The van der Waals surface area contributed by atoms with Crippen molar-refractivity contribution >= 4 is 29.3 Å². The molecular weight excluding hydrogens is 276 g/mol. The molecule has 0 atom stereocenters. The molecule has 1 saturated carbocycles. The third-order valence-corrected chi connectivity index (χ3v) is 3.98. The fraction of sp³-hybridized carbons (Fsp3) is 0.400. The zero-order chi connectivity index (χ0) is 13.3. The highest BCUT2D eigenvalue weighted by atomic mass is 35.5. The van der Waals surface area contributed by atoms with Gasteiger partial charge in [-0.1, -0.05) is 31.0 Å². The van der Waals surface area contributed by atoms with Crippen molar-refractivity contribution in [2.45, 2.75) is 31.2 Å². The quantitative estimate of drug-likeness (QED) is 0.914. The average molecular weight is 295 g/mol. The minimum atomic E-state index is -0.240. The first-order valence-corrected chi connectivity index (χ1v) is 6.74. The van der Waals surface area contributed by atoms with Gasteiger partial charge in [-0.05, 0) is 25.0 Å². The molecule has 1 aliphatic rings. The van der Waals surface area contributed by atoms with Gasteiger partial charge in [0, 0.05) is 11.9 Å². The van der Waals surface area contributed by atoms with Crippen LogP contribution in [0, 0.1) is 0 Å². The number of rotatable bonds is 3. The van der Waals surface area contributed by atoms with Crippen LogP contribution in [0.15, 0.2) is 34.7 Å². The molecule has 0 bridgehead atoms. The Morgan fingerprint density at radius 1 is 1.30 bits per heavy atom. The molecule has 2 aromatic rings. The lowest BCUT2D eigenvalue weighted by atomic mass is 9.98. The number of nitrogens with two attached hydrogens (primary N) is 1. The highest BCUT2D eigenvalue weighted by Gasteiger charge is 2.34. The molecule has 0 unspecified atom stereocenters. The SMILES string of the molecule is Cl.NCC1(NC(=O)c2cc3ccccc3o2)CCCC1. The van der Waals surface area contributed by atoms with Crippen LogP contribution in [0.3, 0.4) is 0 Å². The van der Waals surface area contributed by atoms with E-state index >= 15 is 0 Å². The Hall–Kier alpha value is -1.52. The molecule has 20 heavy (non-hydrogen) atoms. The van der Waals surface area contributed by atoms with E-state index in [-0.39, 0.29) is 23.9 Å². The number of benzene rings is 1. The molecule has 1 heterocycles. The first-order valence-electron chi connectivity index (χ1n) is 6.74. The highest BCUT2D eigenvalue weighted by Crippen LogP contribution is 2.29. The summed E-state index contributed by atoms with van der Waals surface area (Å²) in [6, 6.07) is 9.40. The normalized spacial score (nSPS) is 16.9. The van der Waals surface area contributed by atoms with E-state index in [0.717, 1.165) is 36.7 Å². The topological polar surface area (TPSA) is 68.3 Å².